The number of fused-ring (bicyclic) bond motifs is 1. The molecule has 0 spiro atoms. The van der Waals surface area contributed by atoms with Crippen molar-refractivity contribution in [3.8, 4) is 0 Å². The monoisotopic (exact) mass is 190 g/mol. The van der Waals surface area contributed by atoms with Crippen LogP contribution in [0.15, 0.2) is 29.8 Å². The molecule has 2 N–H and O–H groups in total. The molecule has 72 valence electrons. The third-order valence-corrected chi connectivity index (χ3v) is 2.14. The fraction of sp³-hybridized carbons (Fsp3) is 0.0909. The molecular weight excluding hydrogens is 180 g/mol. The van der Waals surface area contributed by atoms with Crippen LogP contribution in [0.4, 0.5) is 0 Å². The summed E-state index contributed by atoms with van der Waals surface area (Å²) in [6.07, 6.45) is 1.75. The molecule has 0 amide bonds. The van der Waals surface area contributed by atoms with Gasteiger partial charge in [-0.15, -0.1) is 0 Å². The molecule has 0 unspecified atom stereocenters. The minimum atomic E-state index is -0.393. The molecular formula is C11H10O3. The molecule has 0 heterocycles. The molecule has 1 aromatic carbocycles. The zero-order valence-corrected chi connectivity index (χ0v) is 7.70. The minimum Gasteiger partial charge on any atom is -0.412 e. The van der Waals surface area contributed by atoms with Gasteiger partial charge >= 0.3 is 0 Å². The standard InChI is InChI=1S/C11H8O2.H2O/c1-7-6-8-4-2-3-5-9(8)11(13)10(7)12;/h2-6H,1H3;1H2. The quantitative estimate of drug-likeness (QED) is 0.573. The molecule has 0 fully saturated rings. The van der Waals surface area contributed by atoms with Crippen LogP contribution in [0.2, 0.25) is 0 Å². The van der Waals surface area contributed by atoms with Crippen LogP contribution in [0.25, 0.3) is 6.08 Å². The summed E-state index contributed by atoms with van der Waals surface area (Å²) in [5.74, 6) is -0.783. The summed E-state index contributed by atoms with van der Waals surface area (Å²) in [6, 6.07) is 7.13. The Morgan fingerprint density at radius 3 is 2.36 bits per heavy atom. The van der Waals surface area contributed by atoms with Crippen molar-refractivity contribution in [3.05, 3.63) is 41.0 Å². The molecule has 0 aliphatic heterocycles. The molecule has 0 aromatic heterocycles. The minimum absolute atomic E-state index is 0. The fourth-order valence-electron chi connectivity index (χ4n) is 1.43. The van der Waals surface area contributed by atoms with Gasteiger partial charge in [0, 0.05) is 11.1 Å². The molecule has 2 rings (SSSR count). The van der Waals surface area contributed by atoms with Gasteiger partial charge in [-0.1, -0.05) is 24.3 Å². The summed E-state index contributed by atoms with van der Waals surface area (Å²) >= 11 is 0. The molecule has 14 heavy (non-hydrogen) atoms. The van der Waals surface area contributed by atoms with E-state index in [9.17, 15) is 9.59 Å². The summed E-state index contributed by atoms with van der Waals surface area (Å²) in [4.78, 5) is 22.7. The molecule has 1 aliphatic rings. The lowest BCUT2D eigenvalue weighted by Gasteiger charge is -2.10. The zero-order valence-electron chi connectivity index (χ0n) is 7.70. The van der Waals surface area contributed by atoms with E-state index in [1.54, 1.807) is 25.1 Å². The highest BCUT2D eigenvalue weighted by Crippen LogP contribution is 2.20. The van der Waals surface area contributed by atoms with Crippen molar-refractivity contribution in [1.82, 2.24) is 0 Å². The van der Waals surface area contributed by atoms with Gasteiger partial charge < -0.3 is 5.48 Å². The topological polar surface area (TPSA) is 65.6 Å². The van der Waals surface area contributed by atoms with E-state index in [-0.39, 0.29) is 5.48 Å². The van der Waals surface area contributed by atoms with Crippen LogP contribution < -0.4 is 0 Å². The Labute approximate surface area is 81.4 Å². The fourth-order valence-corrected chi connectivity index (χ4v) is 1.43. The lowest BCUT2D eigenvalue weighted by Crippen LogP contribution is -2.19. The van der Waals surface area contributed by atoms with Crippen LogP contribution in [-0.2, 0) is 4.79 Å². The van der Waals surface area contributed by atoms with Crippen molar-refractivity contribution in [2.45, 2.75) is 6.92 Å². The maximum absolute atomic E-state index is 11.4. The molecule has 0 atom stereocenters. The Balaban J connectivity index is 0.000000980. The number of carbonyl (C=O) groups excluding carboxylic acids is 2. The van der Waals surface area contributed by atoms with Crippen molar-refractivity contribution in [2.24, 2.45) is 0 Å². The van der Waals surface area contributed by atoms with Gasteiger partial charge in [0.2, 0.25) is 11.6 Å². The summed E-state index contributed by atoms with van der Waals surface area (Å²) < 4.78 is 0. The smallest absolute Gasteiger partial charge is 0.233 e. The van der Waals surface area contributed by atoms with E-state index in [4.69, 9.17) is 0 Å². The van der Waals surface area contributed by atoms with Gasteiger partial charge in [-0.05, 0) is 18.6 Å². The van der Waals surface area contributed by atoms with Crippen LogP contribution in [-0.4, -0.2) is 17.0 Å². The van der Waals surface area contributed by atoms with Crippen molar-refractivity contribution in [2.75, 3.05) is 0 Å². The third kappa shape index (κ3) is 1.38. The van der Waals surface area contributed by atoms with E-state index >= 15 is 0 Å². The number of benzene rings is 1. The first-order chi connectivity index (χ1) is 6.20. The van der Waals surface area contributed by atoms with Crippen molar-refractivity contribution in [3.63, 3.8) is 0 Å². The number of Topliss-reactive ketones (excluding diaryl/α,β-unsaturated/α-hetero) is 2. The lowest BCUT2D eigenvalue weighted by atomic mass is 9.91. The second-order valence-corrected chi connectivity index (χ2v) is 3.07. The van der Waals surface area contributed by atoms with Crippen LogP contribution in [0.5, 0.6) is 0 Å². The Bertz CT molecular complexity index is 430. The van der Waals surface area contributed by atoms with Crippen LogP contribution in [0.1, 0.15) is 22.8 Å². The lowest BCUT2D eigenvalue weighted by molar-refractivity contribution is -0.111. The normalized spacial score (nSPS) is 14.2. The predicted octanol–water partition coefficient (Wildman–Crippen LogP) is 1.03. The van der Waals surface area contributed by atoms with Crippen molar-refractivity contribution in [1.29, 1.82) is 0 Å². The number of rotatable bonds is 0. The Morgan fingerprint density at radius 1 is 1.00 bits per heavy atom. The van der Waals surface area contributed by atoms with E-state index in [2.05, 4.69) is 0 Å². The van der Waals surface area contributed by atoms with E-state index in [0.29, 0.717) is 11.1 Å². The van der Waals surface area contributed by atoms with Crippen molar-refractivity contribution < 1.29 is 15.1 Å². The largest absolute Gasteiger partial charge is 0.412 e. The van der Waals surface area contributed by atoms with E-state index in [0.717, 1.165) is 5.56 Å². The second-order valence-electron chi connectivity index (χ2n) is 3.07. The van der Waals surface area contributed by atoms with Crippen LogP contribution in [0, 0.1) is 0 Å². The SMILES string of the molecule is CC1=Cc2ccccc2C(=O)C1=O.O. The van der Waals surface area contributed by atoms with Crippen molar-refractivity contribution >= 4 is 17.6 Å². The molecule has 1 aromatic rings. The molecule has 0 saturated carbocycles. The van der Waals surface area contributed by atoms with Gasteiger partial charge in [0.25, 0.3) is 0 Å². The number of hydrogen-bond donors (Lipinski definition) is 0. The molecule has 0 saturated heterocycles. The van der Waals surface area contributed by atoms with E-state index in [1.165, 1.54) is 0 Å². The Morgan fingerprint density at radius 2 is 1.64 bits per heavy atom. The molecule has 3 nitrogen and oxygen atoms in total. The highest BCUT2D eigenvalue weighted by molar-refractivity contribution is 6.51. The zero-order chi connectivity index (χ0) is 9.42. The maximum Gasteiger partial charge on any atom is 0.233 e. The van der Waals surface area contributed by atoms with Gasteiger partial charge in [-0.2, -0.15) is 0 Å². The number of allylic oxidation sites excluding steroid dienone is 1. The number of carbonyl (C=O) groups is 2. The summed E-state index contributed by atoms with van der Waals surface area (Å²) in [5.41, 5.74) is 1.87. The highest BCUT2D eigenvalue weighted by Gasteiger charge is 2.23. The average molecular weight is 190 g/mol. The molecule has 0 radical (unpaired) electrons. The predicted molar refractivity (Wildman–Crippen MR) is 53.0 cm³/mol. The van der Waals surface area contributed by atoms with Crippen LogP contribution >= 0.6 is 0 Å². The first kappa shape index (κ1) is 10.3. The van der Waals surface area contributed by atoms with E-state index in [1.807, 2.05) is 12.1 Å². The average Bonchev–Trinajstić information content (AvgIpc) is 2.15. The highest BCUT2D eigenvalue weighted by atomic mass is 16.2. The molecule has 3 heteroatoms. The maximum atomic E-state index is 11.4. The first-order valence-corrected chi connectivity index (χ1v) is 4.06. The second kappa shape index (κ2) is 3.55. The van der Waals surface area contributed by atoms with Gasteiger partial charge in [0.1, 0.15) is 0 Å². The summed E-state index contributed by atoms with van der Waals surface area (Å²) in [7, 11) is 0. The third-order valence-electron chi connectivity index (χ3n) is 2.14. The van der Waals surface area contributed by atoms with E-state index < -0.39 is 11.6 Å². The summed E-state index contributed by atoms with van der Waals surface area (Å²) in [6.45, 7) is 1.66. The van der Waals surface area contributed by atoms with Gasteiger partial charge in [0.05, 0.1) is 0 Å². The van der Waals surface area contributed by atoms with Crippen LogP contribution in [0.3, 0.4) is 0 Å². The summed E-state index contributed by atoms with van der Waals surface area (Å²) in [5, 5.41) is 0. The Kier molecular flexibility index (Phi) is 2.63. The Hall–Kier alpha value is -1.74. The first-order valence-electron chi connectivity index (χ1n) is 4.06. The van der Waals surface area contributed by atoms with Gasteiger partial charge in [0.15, 0.2) is 0 Å². The number of hydrogen-bond acceptors (Lipinski definition) is 2. The molecule has 1 aliphatic carbocycles. The number of ketones is 2. The molecule has 0 bridgehead atoms. The van der Waals surface area contributed by atoms with Gasteiger partial charge in [-0.3, -0.25) is 9.59 Å². The van der Waals surface area contributed by atoms with Gasteiger partial charge in [-0.25, -0.2) is 0 Å².